The highest BCUT2D eigenvalue weighted by molar-refractivity contribution is 6.35. The fourth-order valence-corrected chi connectivity index (χ4v) is 3.48. The first-order valence-corrected chi connectivity index (χ1v) is 8.45. The zero-order chi connectivity index (χ0) is 17.6. The number of likely N-dealkylation sites (N-methyl/N-ethyl adjacent to an activating group) is 1. The second-order valence-corrected chi connectivity index (χ2v) is 6.97. The number of benzene rings is 1. The van der Waals surface area contributed by atoms with Crippen LogP contribution in [0, 0.1) is 5.92 Å². The van der Waals surface area contributed by atoms with Crippen LogP contribution in [-0.4, -0.2) is 41.9 Å². The van der Waals surface area contributed by atoms with E-state index in [9.17, 15) is 4.79 Å². The molecule has 1 aromatic rings. The van der Waals surface area contributed by atoms with Gasteiger partial charge in [0, 0.05) is 12.6 Å². The van der Waals surface area contributed by atoms with E-state index in [1.165, 1.54) is 5.57 Å². The lowest BCUT2D eigenvalue weighted by Crippen LogP contribution is -2.45. The highest BCUT2D eigenvalue weighted by Crippen LogP contribution is 2.37. The van der Waals surface area contributed by atoms with Crippen LogP contribution >= 0.6 is 11.6 Å². The van der Waals surface area contributed by atoms with Crippen LogP contribution in [0.1, 0.15) is 32.8 Å². The molecule has 128 valence electrons. The summed E-state index contributed by atoms with van der Waals surface area (Å²) in [4.78, 5) is 14.5. The first kappa shape index (κ1) is 16.8. The molecule has 1 atom stereocenters. The molecule has 6 heteroatoms. The molecular weight excluding hydrogens is 326 g/mol. The molecule has 0 aliphatic carbocycles. The first-order valence-electron chi connectivity index (χ1n) is 8.08. The minimum atomic E-state index is -0.0278. The van der Waals surface area contributed by atoms with Gasteiger partial charge in [-0.1, -0.05) is 25.4 Å². The molecular formula is C18H22ClN3O2. The lowest BCUT2D eigenvalue weighted by molar-refractivity contribution is -0.125. The summed E-state index contributed by atoms with van der Waals surface area (Å²) >= 11 is 6.38. The minimum Gasteiger partial charge on any atom is -0.497 e. The number of hydrogen-bond acceptors (Lipinski definition) is 4. The molecule has 0 saturated carbocycles. The maximum Gasteiger partial charge on any atom is 0.277 e. The summed E-state index contributed by atoms with van der Waals surface area (Å²) in [5.74, 6) is 1.53. The number of hydrogen-bond donors (Lipinski definition) is 0. The number of rotatable bonds is 3. The largest absolute Gasteiger partial charge is 0.497 e. The number of ether oxygens (including phenoxy) is 1. The Kier molecular flexibility index (Phi) is 4.30. The number of carbonyl (C=O) groups excluding carboxylic acids is 1. The SMILES string of the molecule is COc1ccc(C2=NN3C(=C(C(C)C)CC3C)C(=O)N2C)c(Cl)c1. The van der Waals surface area contributed by atoms with Crippen molar-refractivity contribution in [3.05, 3.63) is 40.1 Å². The molecule has 1 amide bonds. The molecule has 5 nitrogen and oxygen atoms in total. The van der Waals surface area contributed by atoms with Crippen LogP contribution < -0.4 is 4.74 Å². The van der Waals surface area contributed by atoms with Crippen LogP contribution in [0.3, 0.4) is 0 Å². The predicted octanol–water partition coefficient (Wildman–Crippen LogP) is 3.49. The van der Waals surface area contributed by atoms with Crippen molar-refractivity contribution >= 4 is 23.3 Å². The number of fused-ring (bicyclic) bond motifs is 1. The van der Waals surface area contributed by atoms with E-state index >= 15 is 0 Å². The van der Waals surface area contributed by atoms with Crippen LogP contribution in [0.4, 0.5) is 0 Å². The van der Waals surface area contributed by atoms with Crippen molar-refractivity contribution in [2.45, 2.75) is 33.2 Å². The monoisotopic (exact) mass is 347 g/mol. The van der Waals surface area contributed by atoms with Crippen molar-refractivity contribution in [1.29, 1.82) is 0 Å². The number of halogens is 1. The minimum absolute atomic E-state index is 0.0278. The van der Waals surface area contributed by atoms with Crippen LogP contribution in [0.15, 0.2) is 34.6 Å². The summed E-state index contributed by atoms with van der Waals surface area (Å²) in [6, 6.07) is 5.56. The van der Waals surface area contributed by atoms with Gasteiger partial charge in [0.25, 0.3) is 5.91 Å². The summed E-state index contributed by atoms with van der Waals surface area (Å²) in [6.45, 7) is 6.32. The Morgan fingerprint density at radius 3 is 2.67 bits per heavy atom. The first-order chi connectivity index (χ1) is 11.3. The molecule has 24 heavy (non-hydrogen) atoms. The summed E-state index contributed by atoms with van der Waals surface area (Å²) in [5, 5.41) is 7.11. The van der Waals surface area contributed by atoms with E-state index in [1.54, 1.807) is 25.1 Å². The van der Waals surface area contributed by atoms with Gasteiger partial charge >= 0.3 is 0 Å². The van der Waals surface area contributed by atoms with E-state index in [2.05, 4.69) is 20.8 Å². The lowest BCUT2D eigenvalue weighted by atomic mass is 9.98. The molecule has 0 N–H and O–H groups in total. The Hall–Kier alpha value is -2.01. The third-order valence-corrected chi connectivity index (χ3v) is 4.92. The summed E-state index contributed by atoms with van der Waals surface area (Å²) in [6.07, 6.45) is 0.861. The van der Waals surface area contributed by atoms with Crippen molar-refractivity contribution in [1.82, 2.24) is 9.91 Å². The molecule has 0 spiro atoms. The van der Waals surface area contributed by atoms with E-state index < -0.39 is 0 Å². The zero-order valence-corrected chi connectivity index (χ0v) is 15.4. The van der Waals surface area contributed by atoms with Crippen LogP contribution in [0.25, 0.3) is 0 Å². The maximum atomic E-state index is 13.0. The fraction of sp³-hybridized carbons (Fsp3) is 0.444. The van der Waals surface area contributed by atoms with Crippen LogP contribution in [-0.2, 0) is 4.79 Å². The normalized spacial score (nSPS) is 20.7. The van der Waals surface area contributed by atoms with Gasteiger partial charge in [-0.15, -0.1) is 0 Å². The molecule has 2 aliphatic rings. The smallest absolute Gasteiger partial charge is 0.277 e. The summed E-state index contributed by atoms with van der Waals surface area (Å²) < 4.78 is 5.19. The van der Waals surface area contributed by atoms with Gasteiger partial charge in [-0.3, -0.25) is 14.7 Å². The van der Waals surface area contributed by atoms with Gasteiger partial charge in [-0.2, -0.15) is 5.10 Å². The number of amides is 1. The van der Waals surface area contributed by atoms with Gasteiger partial charge in [0.2, 0.25) is 0 Å². The van der Waals surface area contributed by atoms with Gasteiger partial charge in [0.05, 0.1) is 18.2 Å². The molecule has 1 aromatic carbocycles. The van der Waals surface area contributed by atoms with Crippen molar-refractivity contribution < 1.29 is 9.53 Å². The van der Waals surface area contributed by atoms with Crippen molar-refractivity contribution in [2.75, 3.05) is 14.2 Å². The molecule has 3 rings (SSSR count). The van der Waals surface area contributed by atoms with E-state index in [-0.39, 0.29) is 11.9 Å². The number of methoxy groups -OCH3 is 1. The van der Waals surface area contributed by atoms with Gasteiger partial charge in [0.15, 0.2) is 5.84 Å². The highest BCUT2D eigenvalue weighted by Gasteiger charge is 2.40. The third-order valence-electron chi connectivity index (χ3n) is 4.61. The van der Waals surface area contributed by atoms with E-state index in [0.29, 0.717) is 28.2 Å². The quantitative estimate of drug-likeness (QED) is 0.840. The standard InChI is InChI=1S/C18H22ClN3O2/c1-10(2)14-8-11(3)22-16(14)18(23)21(4)17(20-22)13-7-6-12(24-5)9-15(13)19/h6-7,9-11H,8H2,1-5H3. The molecule has 2 aliphatic heterocycles. The molecule has 2 heterocycles. The predicted molar refractivity (Wildman–Crippen MR) is 95.1 cm³/mol. The van der Waals surface area contributed by atoms with E-state index in [4.69, 9.17) is 21.4 Å². The van der Waals surface area contributed by atoms with E-state index in [1.807, 2.05) is 17.1 Å². The van der Waals surface area contributed by atoms with Gasteiger partial charge < -0.3 is 4.74 Å². The highest BCUT2D eigenvalue weighted by atomic mass is 35.5. The third kappa shape index (κ3) is 2.57. The van der Waals surface area contributed by atoms with Gasteiger partial charge in [-0.05, 0) is 43.0 Å². The second-order valence-electron chi connectivity index (χ2n) is 6.56. The van der Waals surface area contributed by atoms with Crippen molar-refractivity contribution in [2.24, 2.45) is 11.0 Å². The Labute approximate surface area is 147 Å². The molecule has 0 saturated heterocycles. The summed E-state index contributed by atoms with van der Waals surface area (Å²) in [7, 11) is 3.34. The number of hydrazone groups is 1. The van der Waals surface area contributed by atoms with Crippen LogP contribution in [0.2, 0.25) is 5.02 Å². The average molecular weight is 348 g/mol. The Morgan fingerprint density at radius 1 is 1.38 bits per heavy atom. The average Bonchev–Trinajstić information content (AvgIpc) is 2.88. The Bertz CT molecular complexity index is 755. The fourth-order valence-electron chi connectivity index (χ4n) is 3.22. The van der Waals surface area contributed by atoms with E-state index in [0.717, 1.165) is 12.0 Å². The molecule has 0 bridgehead atoms. The summed E-state index contributed by atoms with van der Waals surface area (Å²) in [5.41, 5.74) is 2.61. The Balaban J connectivity index is 2.10. The van der Waals surface area contributed by atoms with Crippen molar-refractivity contribution in [3.63, 3.8) is 0 Å². The van der Waals surface area contributed by atoms with Crippen LogP contribution in [0.5, 0.6) is 5.75 Å². The topological polar surface area (TPSA) is 45.1 Å². The molecule has 1 unspecified atom stereocenters. The number of nitrogens with zero attached hydrogens (tertiary/aromatic N) is 3. The molecule has 0 fully saturated rings. The molecule has 0 radical (unpaired) electrons. The zero-order valence-electron chi connectivity index (χ0n) is 14.6. The van der Waals surface area contributed by atoms with Gasteiger partial charge in [-0.25, -0.2) is 0 Å². The molecule has 0 aromatic heterocycles. The maximum absolute atomic E-state index is 13.0. The lowest BCUT2D eigenvalue weighted by Gasteiger charge is -2.33. The second kappa shape index (κ2) is 6.13. The van der Waals surface area contributed by atoms with Gasteiger partial charge in [0.1, 0.15) is 11.4 Å². The number of amidine groups is 1. The van der Waals surface area contributed by atoms with Crippen molar-refractivity contribution in [3.8, 4) is 5.75 Å². The Morgan fingerprint density at radius 2 is 2.08 bits per heavy atom. The number of carbonyl (C=O) groups is 1.